The summed E-state index contributed by atoms with van der Waals surface area (Å²) in [4.78, 5) is 0. The van der Waals surface area contributed by atoms with Crippen molar-refractivity contribution < 1.29 is 4.74 Å². The van der Waals surface area contributed by atoms with Gasteiger partial charge in [0, 0.05) is 5.39 Å². The molecule has 0 spiro atoms. The third-order valence-corrected chi connectivity index (χ3v) is 2.90. The van der Waals surface area contributed by atoms with Crippen LogP contribution in [0.2, 0.25) is 0 Å². The minimum Gasteiger partial charge on any atom is -0.488 e. The third-order valence-electron chi connectivity index (χ3n) is 2.90. The van der Waals surface area contributed by atoms with E-state index in [0.29, 0.717) is 6.61 Å². The van der Waals surface area contributed by atoms with Gasteiger partial charge in [0.05, 0.1) is 0 Å². The highest BCUT2D eigenvalue weighted by Gasteiger charge is 2.01. The first kappa shape index (κ1) is 10.8. The van der Waals surface area contributed by atoms with Crippen LogP contribution in [0, 0.1) is 6.07 Å². The van der Waals surface area contributed by atoms with Gasteiger partial charge in [0.2, 0.25) is 0 Å². The van der Waals surface area contributed by atoms with Crippen LogP contribution in [0.1, 0.15) is 5.56 Å². The van der Waals surface area contributed by atoms with Gasteiger partial charge >= 0.3 is 0 Å². The number of fused-ring (bicyclic) bond motifs is 1. The molecule has 87 valence electrons. The van der Waals surface area contributed by atoms with Crippen LogP contribution in [0.15, 0.2) is 66.7 Å². The quantitative estimate of drug-likeness (QED) is 0.658. The zero-order chi connectivity index (χ0) is 12.2. The zero-order valence-corrected chi connectivity index (χ0v) is 9.97. The smallest absolute Gasteiger partial charge is 0.127 e. The Balaban J connectivity index is 1.87. The molecule has 0 saturated carbocycles. The summed E-state index contributed by atoms with van der Waals surface area (Å²) < 4.78 is 5.89. The summed E-state index contributed by atoms with van der Waals surface area (Å²) in [5.41, 5.74) is 1.18. The van der Waals surface area contributed by atoms with E-state index in [2.05, 4.69) is 24.3 Å². The van der Waals surface area contributed by atoms with E-state index in [1.54, 1.807) is 0 Å². The van der Waals surface area contributed by atoms with Crippen LogP contribution in [0.25, 0.3) is 10.8 Å². The fourth-order valence-corrected chi connectivity index (χ4v) is 1.98. The molecule has 0 atom stereocenters. The normalized spacial score (nSPS) is 10.4. The highest BCUT2D eigenvalue weighted by molar-refractivity contribution is 5.87. The first-order chi connectivity index (χ1) is 8.93. The summed E-state index contributed by atoms with van der Waals surface area (Å²) in [7, 11) is 0. The van der Waals surface area contributed by atoms with Gasteiger partial charge in [-0.1, -0.05) is 60.7 Å². The zero-order valence-electron chi connectivity index (χ0n) is 9.97. The molecule has 3 aromatic rings. The highest BCUT2D eigenvalue weighted by Crippen LogP contribution is 2.25. The largest absolute Gasteiger partial charge is 0.488 e. The van der Waals surface area contributed by atoms with Crippen LogP contribution in [0.5, 0.6) is 5.75 Å². The molecule has 1 heteroatoms. The summed E-state index contributed by atoms with van der Waals surface area (Å²) >= 11 is 0. The lowest BCUT2D eigenvalue weighted by Crippen LogP contribution is -1.95. The van der Waals surface area contributed by atoms with Gasteiger partial charge in [-0.15, -0.1) is 0 Å². The average Bonchev–Trinajstić information content (AvgIpc) is 2.46. The predicted octanol–water partition coefficient (Wildman–Crippen LogP) is 4.22. The van der Waals surface area contributed by atoms with E-state index in [9.17, 15) is 0 Å². The molecular formula is C17H13O. The van der Waals surface area contributed by atoms with E-state index in [-0.39, 0.29) is 0 Å². The third kappa shape index (κ3) is 2.21. The van der Waals surface area contributed by atoms with Crippen molar-refractivity contribution in [3.05, 3.63) is 78.4 Å². The molecule has 0 aliphatic heterocycles. The molecule has 18 heavy (non-hydrogen) atoms. The molecule has 0 saturated heterocycles. The second-order valence-electron chi connectivity index (χ2n) is 4.16. The lowest BCUT2D eigenvalue weighted by molar-refractivity contribution is 0.310. The van der Waals surface area contributed by atoms with Crippen molar-refractivity contribution in [3.63, 3.8) is 0 Å². The van der Waals surface area contributed by atoms with E-state index >= 15 is 0 Å². The predicted molar refractivity (Wildman–Crippen MR) is 73.6 cm³/mol. The summed E-state index contributed by atoms with van der Waals surface area (Å²) in [5.74, 6) is 0.910. The van der Waals surface area contributed by atoms with Crippen molar-refractivity contribution in [2.45, 2.75) is 6.61 Å². The summed E-state index contributed by atoms with van der Waals surface area (Å²) in [6, 6.07) is 25.4. The monoisotopic (exact) mass is 233 g/mol. The van der Waals surface area contributed by atoms with Crippen LogP contribution in [-0.2, 0) is 6.61 Å². The minimum atomic E-state index is 0.592. The van der Waals surface area contributed by atoms with Crippen molar-refractivity contribution in [1.82, 2.24) is 0 Å². The Kier molecular flexibility index (Phi) is 2.97. The molecule has 3 rings (SSSR count). The van der Waals surface area contributed by atoms with Gasteiger partial charge in [0.15, 0.2) is 0 Å². The molecule has 1 nitrogen and oxygen atoms in total. The first-order valence-corrected chi connectivity index (χ1v) is 6.00. The molecule has 1 radical (unpaired) electrons. The van der Waals surface area contributed by atoms with E-state index in [4.69, 9.17) is 4.74 Å². The van der Waals surface area contributed by atoms with E-state index in [1.807, 2.05) is 48.5 Å². The fourth-order valence-electron chi connectivity index (χ4n) is 1.98. The van der Waals surface area contributed by atoms with E-state index < -0.39 is 0 Å². The number of hydrogen-bond acceptors (Lipinski definition) is 1. The van der Waals surface area contributed by atoms with Crippen molar-refractivity contribution in [1.29, 1.82) is 0 Å². The Hall–Kier alpha value is -2.28. The standard InChI is InChI=1S/C17H13O/c1-2-7-14(8-3-1)13-18-17-12-6-10-15-9-4-5-11-16(15)17/h1-9,11-12H,13H2. The van der Waals surface area contributed by atoms with Crippen LogP contribution < -0.4 is 4.74 Å². The summed E-state index contributed by atoms with van der Waals surface area (Å²) in [5, 5.41) is 2.19. The molecule has 0 aliphatic rings. The lowest BCUT2D eigenvalue weighted by Gasteiger charge is -2.09. The number of benzene rings is 3. The van der Waals surface area contributed by atoms with Gasteiger partial charge in [-0.05, 0) is 23.1 Å². The van der Waals surface area contributed by atoms with Crippen LogP contribution in [0.3, 0.4) is 0 Å². The van der Waals surface area contributed by atoms with Gasteiger partial charge < -0.3 is 4.74 Å². The topological polar surface area (TPSA) is 9.23 Å². The minimum absolute atomic E-state index is 0.592. The van der Waals surface area contributed by atoms with Crippen LogP contribution in [0.4, 0.5) is 0 Å². The molecule has 0 N–H and O–H groups in total. The van der Waals surface area contributed by atoms with Crippen molar-refractivity contribution in [2.75, 3.05) is 0 Å². The average molecular weight is 233 g/mol. The van der Waals surface area contributed by atoms with Gasteiger partial charge in [0.25, 0.3) is 0 Å². The van der Waals surface area contributed by atoms with Gasteiger partial charge in [-0.25, -0.2) is 0 Å². The Morgan fingerprint density at radius 1 is 0.833 bits per heavy atom. The van der Waals surface area contributed by atoms with Gasteiger partial charge in [-0.3, -0.25) is 0 Å². The molecule has 0 unspecified atom stereocenters. The molecular weight excluding hydrogens is 220 g/mol. The van der Waals surface area contributed by atoms with E-state index in [1.165, 1.54) is 5.56 Å². The maximum absolute atomic E-state index is 5.89. The molecule has 0 aromatic heterocycles. The van der Waals surface area contributed by atoms with E-state index in [0.717, 1.165) is 16.5 Å². The SMILES string of the molecule is [c]1ccc(OCc2ccccc2)c2ccccc12. The molecule has 0 amide bonds. The number of rotatable bonds is 3. The van der Waals surface area contributed by atoms with Crippen molar-refractivity contribution in [2.24, 2.45) is 0 Å². The fraction of sp³-hybridized carbons (Fsp3) is 0.0588. The van der Waals surface area contributed by atoms with Crippen LogP contribution in [-0.4, -0.2) is 0 Å². The summed E-state index contributed by atoms with van der Waals surface area (Å²) in [6.45, 7) is 0.592. The number of hydrogen-bond donors (Lipinski definition) is 0. The molecule has 3 aromatic carbocycles. The molecule has 0 bridgehead atoms. The number of ether oxygens (including phenoxy) is 1. The van der Waals surface area contributed by atoms with Crippen LogP contribution >= 0.6 is 0 Å². The molecule has 0 heterocycles. The second kappa shape index (κ2) is 4.92. The molecule has 0 fully saturated rings. The Labute approximate surface area is 107 Å². The van der Waals surface area contributed by atoms with Gasteiger partial charge in [-0.2, -0.15) is 0 Å². The first-order valence-electron chi connectivity index (χ1n) is 6.00. The lowest BCUT2D eigenvalue weighted by atomic mass is 10.1. The van der Waals surface area contributed by atoms with Crippen molar-refractivity contribution in [3.8, 4) is 5.75 Å². The maximum atomic E-state index is 5.89. The maximum Gasteiger partial charge on any atom is 0.127 e. The Morgan fingerprint density at radius 3 is 2.50 bits per heavy atom. The second-order valence-corrected chi connectivity index (χ2v) is 4.16. The van der Waals surface area contributed by atoms with Crippen molar-refractivity contribution >= 4 is 10.8 Å². The Morgan fingerprint density at radius 2 is 1.61 bits per heavy atom. The Bertz CT molecular complexity index is 639. The molecule has 0 aliphatic carbocycles. The highest BCUT2D eigenvalue weighted by atomic mass is 16.5. The summed E-state index contributed by atoms with van der Waals surface area (Å²) in [6.07, 6.45) is 0. The van der Waals surface area contributed by atoms with Gasteiger partial charge in [0.1, 0.15) is 12.4 Å².